The number of carbonyl (C=O) groups excluding carboxylic acids is 1. The molecule has 0 bridgehead atoms. The van der Waals surface area contributed by atoms with E-state index in [-0.39, 0.29) is 5.91 Å². The smallest absolute Gasteiger partial charge is 0.273 e. The van der Waals surface area contributed by atoms with Crippen molar-refractivity contribution in [3.05, 3.63) is 47.8 Å². The highest BCUT2D eigenvalue weighted by atomic mass is 16.1. The van der Waals surface area contributed by atoms with Gasteiger partial charge in [-0.1, -0.05) is 12.1 Å². The van der Waals surface area contributed by atoms with Crippen LogP contribution in [0.25, 0.3) is 0 Å². The Balaban J connectivity index is 1.57. The van der Waals surface area contributed by atoms with E-state index >= 15 is 0 Å². The molecule has 1 fully saturated rings. The number of amides is 1. The maximum atomic E-state index is 11.8. The van der Waals surface area contributed by atoms with Gasteiger partial charge < -0.3 is 10.6 Å². The van der Waals surface area contributed by atoms with Gasteiger partial charge in [0.25, 0.3) is 5.91 Å². The van der Waals surface area contributed by atoms with E-state index < -0.39 is 0 Å². The van der Waals surface area contributed by atoms with Gasteiger partial charge in [-0.3, -0.25) is 9.89 Å². The number of nitrogens with one attached hydrogen (secondary N) is 3. The van der Waals surface area contributed by atoms with E-state index in [9.17, 15) is 4.79 Å². The molecule has 0 saturated heterocycles. The lowest BCUT2D eigenvalue weighted by Gasteiger charge is -2.06. The predicted octanol–water partition coefficient (Wildman–Crippen LogP) is 1.91. The molecule has 5 heteroatoms. The van der Waals surface area contributed by atoms with Crippen LogP contribution in [0, 0.1) is 0 Å². The molecule has 0 spiro atoms. The molecule has 1 aromatic carbocycles. The number of aromatic amines is 1. The van der Waals surface area contributed by atoms with Crippen molar-refractivity contribution in [1.29, 1.82) is 0 Å². The second kappa shape index (κ2) is 5.24. The summed E-state index contributed by atoms with van der Waals surface area (Å²) < 4.78 is 0. The maximum Gasteiger partial charge on any atom is 0.273 e. The molecule has 1 aromatic heterocycles. The second-order valence-electron chi connectivity index (χ2n) is 4.78. The molecule has 2 aromatic rings. The lowest BCUT2D eigenvalue weighted by atomic mass is 10.2. The fourth-order valence-electron chi connectivity index (χ4n) is 1.84. The predicted molar refractivity (Wildman–Crippen MR) is 72.8 cm³/mol. The highest BCUT2D eigenvalue weighted by Crippen LogP contribution is 2.19. The van der Waals surface area contributed by atoms with Gasteiger partial charge in [0.05, 0.1) is 0 Å². The summed E-state index contributed by atoms with van der Waals surface area (Å²) >= 11 is 0. The highest BCUT2D eigenvalue weighted by molar-refractivity contribution is 6.02. The summed E-state index contributed by atoms with van der Waals surface area (Å²) in [5, 5.41) is 12.7. The zero-order valence-electron chi connectivity index (χ0n) is 10.5. The van der Waals surface area contributed by atoms with Crippen molar-refractivity contribution in [1.82, 2.24) is 15.5 Å². The van der Waals surface area contributed by atoms with Crippen LogP contribution in [0.2, 0.25) is 0 Å². The van der Waals surface area contributed by atoms with Gasteiger partial charge in [0.1, 0.15) is 5.69 Å². The Hall–Kier alpha value is -2.14. The summed E-state index contributed by atoms with van der Waals surface area (Å²) in [7, 11) is 0. The van der Waals surface area contributed by atoms with Crippen LogP contribution < -0.4 is 10.6 Å². The van der Waals surface area contributed by atoms with Crippen molar-refractivity contribution in [3.8, 4) is 0 Å². The van der Waals surface area contributed by atoms with E-state index in [1.165, 1.54) is 18.4 Å². The number of aromatic nitrogens is 2. The number of benzene rings is 1. The van der Waals surface area contributed by atoms with Crippen molar-refractivity contribution >= 4 is 11.6 Å². The van der Waals surface area contributed by atoms with E-state index in [2.05, 4.69) is 20.8 Å². The SMILES string of the molecule is O=C(Nc1ccc(CNC2CC2)cc1)c1ccn[nH]1. The molecule has 3 N–H and O–H groups in total. The number of H-pyrrole nitrogens is 1. The number of hydrogen-bond donors (Lipinski definition) is 3. The van der Waals surface area contributed by atoms with E-state index in [1.807, 2.05) is 24.3 Å². The molecule has 0 unspecified atom stereocenters. The minimum atomic E-state index is -0.179. The summed E-state index contributed by atoms with van der Waals surface area (Å²) in [6, 6.07) is 10.2. The maximum absolute atomic E-state index is 11.8. The molecule has 0 radical (unpaired) electrons. The Bertz CT molecular complexity index is 543. The van der Waals surface area contributed by atoms with Crippen molar-refractivity contribution < 1.29 is 4.79 Å². The molecule has 3 rings (SSSR count). The summed E-state index contributed by atoms with van der Waals surface area (Å²) in [5.74, 6) is -0.179. The molecule has 98 valence electrons. The molecule has 1 saturated carbocycles. The van der Waals surface area contributed by atoms with Gasteiger partial charge in [-0.25, -0.2) is 0 Å². The zero-order valence-corrected chi connectivity index (χ0v) is 10.5. The highest BCUT2D eigenvalue weighted by Gasteiger charge is 2.19. The first-order valence-corrected chi connectivity index (χ1v) is 6.44. The van der Waals surface area contributed by atoms with Crippen molar-refractivity contribution in [2.24, 2.45) is 0 Å². The topological polar surface area (TPSA) is 69.8 Å². The molecule has 19 heavy (non-hydrogen) atoms. The summed E-state index contributed by atoms with van der Waals surface area (Å²) in [6.45, 7) is 0.888. The van der Waals surface area contributed by atoms with Crippen LogP contribution in [0.4, 0.5) is 5.69 Å². The van der Waals surface area contributed by atoms with Crippen LogP contribution in [0.15, 0.2) is 36.5 Å². The van der Waals surface area contributed by atoms with Crippen LogP contribution in [0.5, 0.6) is 0 Å². The van der Waals surface area contributed by atoms with Crippen molar-refractivity contribution in [2.45, 2.75) is 25.4 Å². The van der Waals surface area contributed by atoms with Gasteiger partial charge in [-0.05, 0) is 36.6 Å². The van der Waals surface area contributed by atoms with Gasteiger partial charge >= 0.3 is 0 Å². The Morgan fingerprint density at radius 3 is 2.68 bits per heavy atom. The second-order valence-corrected chi connectivity index (χ2v) is 4.78. The number of anilines is 1. The number of hydrogen-bond acceptors (Lipinski definition) is 3. The lowest BCUT2D eigenvalue weighted by molar-refractivity contribution is 0.102. The quantitative estimate of drug-likeness (QED) is 0.765. The van der Waals surface area contributed by atoms with E-state index in [0.717, 1.165) is 12.2 Å². The first kappa shape index (κ1) is 11.9. The minimum absolute atomic E-state index is 0.179. The number of nitrogens with zero attached hydrogens (tertiary/aromatic N) is 1. The van der Waals surface area contributed by atoms with Crippen molar-refractivity contribution in [3.63, 3.8) is 0 Å². The van der Waals surface area contributed by atoms with Gasteiger partial charge in [0, 0.05) is 24.5 Å². The monoisotopic (exact) mass is 256 g/mol. The third kappa shape index (κ3) is 3.20. The lowest BCUT2D eigenvalue weighted by Crippen LogP contribution is -2.15. The Kier molecular flexibility index (Phi) is 3.29. The molecule has 1 aliphatic rings. The molecule has 1 amide bonds. The Morgan fingerprint density at radius 1 is 1.26 bits per heavy atom. The van der Waals surface area contributed by atoms with Crippen LogP contribution in [0.1, 0.15) is 28.9 Å². The summed E-state index contributed by atoms with van der Waals surface area (Å²) in [5.41, 5.74) is 2.47. The average molecular weight is 256 g/mol. The zero-order chi connectivity index (χ0) is 13.1. The first-order valence-electron chi connectivity index (χ1n) is 6.44. The standard InChI is InChI=1S/C14H16N4O/c19-14(13-7-8-16-18-13)17-12-3-1-10(2-4-12)9-15-11-5-6-11/h1-4,7-8,11,15H,5-6,9H2,(H,16,18)(H,17,19). The molecule has 0 aliphatic heterocycles. The average Bonchev–Trinajstić information content (AvgIpc) is 3.09. The van der Waals surface area contributed by atoms with Gasteiger partial charge in [-0.15, -0.1) is 0 Å². The Labute approximate surface area is 111 Å². The molecule has 1 heterocycles. The fourth-order valence-corrected chi connectivity index (χ4v) is 1.84. The van der Waals surface area contributed by atoms with E-state index in [4.69, 9.17) is 0 Å². The third-order valence-corrected chi connectivity index (χ3v) is 3.13. The third-order valence-electron chi connectivity index (χ3n) is 3.13. The van der Waals surface area contributed by atoms with Gasteiger partial charge in [0.2, 0.25) is 0 Å². The van der Waals surface area contributed by atoms with Crippen molar-refractivity contribution in [2.75, 3.05) is 5.32 Å². The van der Waals surface area contributed by atoms with Crippen LogP contribution in [-0.4, -0.2) is 22.1 Å². The fraction of sp³-hybridized carbons (Fsp3) is 0.286. The number of rotatable bonds is 5. The normalized spacial score (nSPS) is 14.3. The van der Waals surface area contributed by atoms with Crippen LogP contribution in [0.3, 0.4) is 0 Å². The molecular formula is C14H16N4O. The van der Waals surface area contributed by atoms with E-state index in [1.54, 1.807) is 12.3 Å². The van der Waals surface area contributed by atoms with Gasteiger partial charge in [0.15, 0.2) is 0 Å². The Morgan fingerprint density at radius 2 is 2.05 bits per heavy atom. The van der Waals surface area contributed by atoms with E-state index in [0.29, 0.717) is 11.7 Å². The van der Waals surface area contributed by atoms with Crippen LogP contribution >= 0.6 is 0 Å². The molecule has 1 aliphatic carbocycles. The van der Waals surface area contributed by atoms with Gasteiger partial charge in [-0.2, -0.15) is 5.10 Å². The largest absolute Gasteiger partial charge is 0.321 e. The minimum Gasteiger partial charge on any atom is -0.321 e. The summed E-state index contributed by atoms with van der Waals surface area (Å²) in [6.07, 6.45) is 4.14. The molecular weight excluding hydrogens is 240 g/mol. The molecule has 5 nitrogen and oxygen atoms in total. The number of carbonyl (C=O) groups is 1. The molecule has 0 atom stereocenters. The first-order chi connectivity index (χ1) is 9.31. The summed E-state index contributed by atoms with van der Waals surface area (Å²) in [4.78, 5) is 11.8. The van der Waals surface area contributed by atoms with Crippen LogP contribution in [-0.2, 0) is 6.54 Å².